The van der Waals surface area contributed by atoms with Gasteiger partial charge >= 0.3 is 0 Å². The largest absolute Gasteiger partial charge is 0.368 e. The predicted molar refractivity (Wildman–Crippen MR) is 51.1 cm³/mol. The van der Waals surface area contributed by atoms with Gasteiger partial charge in [-0.05, 0) is 19.3 Å². The first-order valence-electron chi connectivity index (χ1n) is 4.90. The number of alkyl halides is 1. The van der Waals surface area contributed by atoms with Crippen molar-refractivity contribution in [3.63, 3.8) is 0 Å². The second-order valence-corrected chi connectivity index (χ2v) is 3.90. The Morgan fingerprint density at radius 1 is 1.64 bits per heavy atom. The van der Waals surface area contributed by atoms with E-state index in [1.165, 1.54) is 0 Å². The lowest BCUT2D eigenvalue weighted by Crippen LogP contribution is -1.97. The Kier molecular flexibility index (Phi) is 3.03. The van der Waals surface area contributed by atoms with Crippen molar-refractivity contribution in [1.29, 1.82) is 0 Å². The molecular weight excluding hydrogens is 204 g/mol. The summed E-state index contributed by atoms with van der Waals surface area (Å²) in [7, 11) is 0. The van der Waals surface area contributed by atoms with Crippen molar-refractivity contribution < 1.29 is 9.26 Å². The molecule has 0 saturated carbocycles. The van der Waals surface area contributed by atoms with E-state index >= 15 is 0 Å². The van der Waals surface area contributed by atoms with Crippen LogP contribution in [-0.2, 0) is 4.74 Å². The molecule has 0 aliphatic carbocycles. The Bertz CT molecular complexity index is 297. The van der Waals surface area contributed by atoms with Crippen LogP contribution in [0.4, 0.5) is 0 Å². The van der Waals surface area contributed by atoms with Crippen LogP contribution in [0.25, 0.3) is 0 Å². The average Bonchev–Trinajstić information content (AvgIpc) is 2.86. The fourth-order valence-electron chi connectivity index (χ4n) is 1.46. The Morgan fingerprint density at radius 2 is 2.50 bits per heavy atom. The van der Waals surface area contributed by atoms with Gasteiger partial charge in [-0.2, -0.15) is 4.98 Å². The van der Waals surface area contributed by atoms with Crippen LogP contribution in [0.15, 0.2) is 4.52 Å². The third-order valence-electron chi connectivity index (χ3n) is 2.30. The number of ether oxygens (including phenoxy) is 1. The molecule has 0 spiro atoms. The second kappa shape index (κ2) is 4.28. The van der Waals surface area contributed by atoms with Crippen LogP contribution in [0.1, 0.15) is 49.4 Å². The highest BCUT2D eigenvalue weighted by atomic mass is 35.5. The Hall–Kier alpha value is -0.610. The van der Waals surface area contributed by atoms with Crippen LogP contribution >= 0.6 is 11.6 Å². The van der Waals surface area contributed by atoms with E-state index < -0.39 is 0 Å². The number of rotatable bonds is 3. The van der Waals surface area contributed by atoms with Crippen LogP contribution in [0.2, 0.25) is 0 Å². The summed E-state index contributed by atoms with van der Waals surface area (Å²) >= 11 is 5.98. The van der Waals surface area contributed by atoms with Gasteiger partial charge in [-0.3, -0.25) is 0 Å². The zero-order chi connectivity index (χ0) is 9.97. The molecule has 2 heterocycles. The molecule has 78 valence electrons. The lowest BCUT2D eigenvalue weighted by Gasteiger charge is -2.01. The summed E-state index contributed by atoms with van der Waals surface area (Å²) in [5, 5.41) is 3.68. The molecule has 14 heavy (non-hydrogen) atoms. The monoisotopic (exact) mass is 216 g/mol. The summed E-state index contributed by atoms with van der Waals surface area (Å²) in [6.45, 7) is 2.76. The van der Waals surface area contributed by atoms with Crippen LogP contribution in [0.3, 0.4) is 0 Å². The van der Waals surface area contributed by atoms with Gasteiger partial charge in [0.15, 0.2) is 5.82 Å². The molecule has 1 aromatic rings. The summed E-state index contributed by atoms with van der Waals surface area (Å²) in [4.78, 5) is 4.23. The third-order valence-corrected chi connectivity index (χ3v) is 2.80. The molecule has 2 unspecified atom stereocenters. The zero-order valence-electron chi connectivity index (χ0n) is 8.07. The van der Waals surface area contributed by atoms with E-state index in [1.54, 1.807) is 0 Å². The van der Waals surface area contributed by atoms with Gasteiger partial charge in [-0.25, -0.2) is 0 Å². The topological polar surface area (TPSA) is 48.2 Å². The first-order valence-corrected chi connectivity index (χ1v) is 5.34. The van der Waals surface area contributed by atoms with E-state index in [-0.39, 0.29) is 11.5 Å². The molecule has 1 saturated heterocycles. The number of nitrogens with zero attached hydrogens (tertiary/aromatic N) is 2. The molecule has 1 fully saturated rings. The predicted octanol–water partition coefficient (Wildman–Crippen LogP) is 2.61. The lowest BCUT2D eigenvalue weighted by atomic mass is 10.2. The van der Waals surface area contributed by atoms with Gasteiger partial charge in [0.25, 0.3) is 5.89 Å². The molecule has 0 radical (unpaired) electrons. The van der Waals surface area contributed by atoms with Crippen molar-refractivity contribution in [3.8, 4) is 0 Å². The van der Waals surface area contributed by atoms with E-state index in [4.69, 9.17) is 20.9 Å². The minimum absolute atomic E-state index is 0.0167. The van der Waals surface area contributed by atoms with E-state index in [0.29, 0.717) is 11.7 Å². The molecule has 4 nitrogen and oxygen atoms in total. The molecule has 0 aromatic carbocycles. The van der Waals surface area contributed by atoms with Gasteiger partial charge in [-0.1, -0.05) is 12.1 Å². The summed E-state index contributed by atoms with van der Waals surface area (Å²) in [6.07, 6.45) is 2.80. The molecule has 0 bridgehead atoms. The molecule has 0 amide bonds. The van der Waals surface area contributed by atoms with Crippen molar-refractivity contribution >= 4 is 11.6 Å². The average molecular weight is 217 g/mol. The molecule has 2 atom stereocenters. The quantitative estimate of drug-likeness (QED) is 0.729. The van der Waals surface area contributed by atoms with E-state index in [0.717, 1.165) is 25.9 Å². The normalized spacial score (nSPS) is 24.0. The number of hydrogen-bond donors (Lipinski definition) is 0. The highest BCUT2D eigenvalue weighted by Crippen LogP contribution is 2.29. The smallest absolute Gasteiger partial charge is 0.255 e. The molecule has 1 aliphatic heterocycles. The lowest BCUT2D eigenvalue weighted by molar-refractivity contribution is 0.0835. The highest BCUT2D eigenvalue weighted by molar-refractivity contribution is 6.20. The summed E-state index contributed by atoms with van der Waals surface area (Å²) < 4.78 is 10.5. The van der Waals surface area contributed by atoms with Gasteiger partial charge in [0.05, 0.1) is 5.38 Å². The van der Waals surface area contributed by atoms with Crippen LogP contribution in [0.5, 0.6) is 0 Å². The maximum Gasteiger partial charge on any atom is 0.255 e. The molecule has 1 aromatic heterocycles. The van der Waals surface area contributed by atoms with Gasteiger partial charge < -0.3 is 9.26 Å². The van der Waals surface area contributed by atoms with Gasteiger partial charge in [0.2, 0.25) is 0 Å². The summed E-state index contributed by atoms with van der Waals surface area (Å²) in [5.41, 5.74) is 0. The minimum Gasteiger partial charge on any atom is -0.368 e. The molecule has 5 heteroatoms. The second-order valence-electron chi connectivity index (χ2n) is 3.37. The Balaban J connectivity index is 2.08. The van der Waals surface area contributed by atoms with Gasteiger partial charge in [-0.15, -0.1) is 11.6 Å². The minimum atomic E-state index is -0.158. The first-order chi connectivity index (χ1) is 6.81. The third kappa shape index (κ3) is 1.91. The molecule has 0 N–H and O–H groups in total. The van der Waals surface area contributed by atoms with Crippen molar-refractivity contribution in [2.24, 2.45) is 0 Å². The summed E-state index contributed by atoms with van der Waals surface area (Å²) in [6, 6.07) is 0. The van der Waals surface area contributed by atoms with Crippen LogP contribution < -0.4 is 0 Å². The maximum absolute atomic E-state index is 5.98. The van der Waals surface area contributed by atoms with E-state index in [1.807, 2.05) is 6.92 Å². The van der Waals surface area contributed by atoms with Crippen molar-refractivity contribution in [3.05, 3.63) is 11.7 Å². The van der Waals surface area contributed by atoms with Crippen molar-refractivity contribution in [2.45, 2.75) is 37.7 Å². The Morgan fingerprint density at radius 3 is 3.14 bits per heavy atom. The molecule has 2 rings (SSSR count). The molecular formula is C9H13ClN2O2. The maximum atomic E-state index is 5.98. The van der Waals surface area contributed by atoms with Crippen LogP contribution in [-0.4, -0.2) is 16.7 Å². The molecule has 1 aliphatic rings. The zero-order valence-corrected chi connectivity index (χ0v) is 8.83. The van der Waals surface area contributed by atoms with E-state index in [9.17, 15) is 0 Å². The number of halogens is 1. The van der Waals surface area contributed by atoms with Gasteiger partial charge in [0.1, 0.15) is 6.10 Å². The Labute approximate surface area is 87.6 Å². The summed E-state index contributed by atoms with van der Waals surface area (Å²) in [5.74, 6) is 1.14. The van der Waals surface area contributed by atoms with Crippen LogP contribution in [0, 0.1) is 0 Å². The van der Waals surface area contributed by atoms with Crippen molar-refractivity contribution in [1.82, 2.24) is 10.1 Å². The highest BCUT2D eigenvalue weighted by Gasteiger charge is 2.25. The fourth-order valence-corrected chi connectivity index (χ4v) is 1.55. The van der Waals surface area contributed by atoms with Crippen molar-refractivity contribution in [2.75, 3.05) is 6.61 Å². The first kappa shape index (κ1) is 9.93. The fraction of sp³-hybridized carbons (Fsp3) is 0.778. The SMILES string of the molecule is CCC(Cl)c1noc(C2CCCO2)n1. The van der Waals surface area contributed by atoms with E-state index in [2.05, 4.69) is 10.1 Å². The standard InChI is InChI=1S/C9H13ClN2O2/c1-2-6(10)8-11-9(14-12-8)7-4-3-5-13-7/h6-7H,2-5H2,1H3. The number of aromatic nitrogens is 2. The van der Waals surface area contributed by atoms with Gasteiger partial charge in [0, 0.05) is 6.61 Å². The number of hydrogen-bond acceptors (Lipinski definition) is 4.